The van der Waals surface area contributed by atoms with E-state index in [1.807, 2.05) is 6.08 Å². The lowest BCUT2D eigenvalue weighted by Crippen LogP contribution is -1.90. The largest absolute Gasteiger partial charge is 0.103 e. The maximum absolute atomic E-state index is 3.74. The summed E-state index contributed by atoms with van der Waals surface area (Å²) in [6.07, 6.45) is 12.8. The van der Waals surface area contributed by atoms with Gasteiger partial charge in [0.05, 0.1) is 0 Å². The van der Waals surface area contributed by atoms with E-state index in [-0.39, 0.29) is 0 Å². The maximum atomic E-state index is 3.74. The van der Waals surface area contributed by atoms with Crippen LogP contribution in [-0.4, -0.2) is 0 Å². The number of unbranched alkanes of at least 4 members (excludes halogenated alkanes) is 1. The molecule has 0 aliphatic heterocycles. The molecule has 0 saturated carbocycles. The minimum Gasteiger partial charge on any atom is -0.103 e. The van der Waals surface area contributed by atoms with Crippen molar-refractivity contribution in [2.75, 3.05) is 0 Å². The molecule has 0 aromatic rings. The minimum atomic E-state index is 0.800. The summed E-state index contributed by atoms with van der Waals surface area (Å²) in [5.74, 6) is 0.800. The van der Waals surface area contributed by atoms with Crippen molar-refractivity contribution in [2.24, 2.45) is 5.92 Å². The first-order chi connectivity index (χ1) is 5.81. The average molecular weight is 166 g/mol. The summed E-state index contributed by atoms with van der Waals surface area (Å²) in [5.41, 5.74) is 0. The zero-order chi connectivity index (χ0) is 9.23. The summed E-state index contributed by atoms with van der Waals surface area (Å²) in [4.78, 5) is 0. The van der Waals surface area contributed by atoms with Gasteiger partial charge in [0.1, 0.15) is 0 Å². The van der Waals surface area contributed by atoms with Gasteiger partial charge in [0.2, 0.25) is 0 Å². The molecule has 0 spiro atoms. The first-order valence-electron chi connectivity index (χ1n) is 5.07. The van der Waals surface area contributed by atoms with E-state index in [4.69, 9.17) is 0 Å². The predicted molar refractivity (Wildman–Crippen MR) is 57.3 cm³/mol. The molecule has 0 heteroatoms. The van der Waals surface area contributed by atoms with Crippen LogP contribution >= 0.6 is 0 Å². The van der Waals surface area contributed by atoms with Crippen molar-refractivity contribution >= 4 is 0 Å². The number of rotatable bonds is 7. The van der Waals surface area contributed by atoms with Crippen molar-refractivity contribution < 1.29 is 0 Å². The second-order valence-corrected chi connectivity index (χ2v) is 3.47. The molecule has 0 aromatic carbocycles. The molecular weight excluding hydrogens is 144 g/mol. The Labute approximate surface area is 77.4 Å². The smallest absolute Gasteiger partial charge is 0.0327 e. The van der Waals surface area contributed by atoms with E-state index >= 15 is 0 Å². The zero-order valence-corrected chi connectivity index (χ0v) is 8.55. The minimum absolute atomic E-state index is 0.800. The van der Waals surface area contributed by atoms with Gasteiger partial charge in [-0.15, -0.1) is 6.58 Å². The lowest BCUT2D eigenvalue weighted by atomic mass is 10.0. The van der Waals surface area contributed by atoms with Crippen molar-refractivity contribution in [3.05, 3.63) is 24.8 Å². The molecule has 0 aliphatic carbocycles. The lowest BCUT2D eigenvalue weighted by Gasteiger charge is -2.04. The Balaban J connectivity index is 3.23. The molecule has 0 amide bonds. The topological polar surface area (TPSA) is 0 Å². The molecular formula is C12H22. The highest BCUT2D eigenvalue weighted by Gasteiger charge is 1.95. The molecule has 0 aliphatic rings. The molecule has 0 saturated heterocycles. The van der Waals surface area contributed by atoms with Crippen LogP contribution in [0.1, 0.15) is 46.0 Å². The highest BCUT2D eigenvalue weighted by molar-refractivity contribution is 4.82. The molecule has 1 unspecified atom stereocenters. The molecule has 0 bridgehead atoms. The molecule has 12 heavy (non-hydrogen) atoms. The monoisotopic (exact) mass is 166 g/mol. The van der Waals surface area contributed by atoms with Crippen LogP contribution in [0.4, 0.5) is 0 Å². The molecule has 0 N–H and O–H groups in total. The Morgan fingerprint density at radius 3 is 2.50 bits per heavy atom. The van der Waals surface area contributed by atoms with Crippen LogP contribution < -0.4 is 0 Å². The Kier molecular flexibility index (Phi) is 8.20. The molecule has 0 nitrogen and oxygen atoms in total. The summed E-state index contributed by atoms with van der Waals surface area (Å²) in [7, 11) is 0. The van der Waals surface area contributed by atoms with Crippen LogP contribution in [0.25, 0.3) is 0 Å². The van der Waals surface area contributed by atoms with Crippen LogP contribution in [0.15, 0.2) is 24.8 Å². The van der Waals surface area contributed by atoms with Crippen LogP contribution in [0, 0.1) is 5.92 Å². The van der Waals surface area contributed by atoms with Crippen molar-refractivity contribution in [3.63, 3.8) is 0 Å². The molecule has 0 rings (SSSR count). The van der Waals surface area contributed by atoms with Crippen LogP contribution in [-0.2, 0) is 0 Å². The molecule has 0 aromatic heterocycles. The van der Waals surface area contributed by atoms with Gasteiger partial charge in [0.25, 0.3) is 0 Å². The fourth-order valence-corrected chi connectivity index (χ4v) is 1.19. The van der Waals surface area contributed by atoms with Crippen molar-refractivity contribution in [3.8, 4) is 0 Å². The van der Waals surface area contributed by atoms with Crippen LogP contribution in [0.3, 0.4) is 0 Å². The van der Waals surface area contributed by atoms with Crippen LogP contribution in [0.5, 0.6) is 0 Å². The first kappa shape index (κ1) is 11.5. The highest BCUT2D eigenvalue weighted by Crippen LogP contribution is 2.10. The van der Waals surface area contributed by atoms with Crippen LogP contribution in [0.2, 0.25) is 0 Å². The third-order valence-corrected chi connectivity index (χ3v) is 2.02. The number of hydrogen-bond acceptors (Lipinski definition) is 0. The molecule has 0 heterocycles. The normalized spacial score (nSPS) is 13.5. The van der Waals surface area contributed by atoms with Crippen molar-refractivity contribution in [1.82, 2.24) is 0 Å². The van der Waals surface area contributed by atoms with E-state index in [2.05, 4.69) is 32.6 Å². The second-order valence-electron chi connectivity index (χ2n) is 3.47. The quantitative estimate of drug-likeness (QED) is 0.494. The molecule has 1 atom stereocenters. The Morgan fingerprint density at radius 2 is 1.92 bits per heavy atom. The second kappa shape index (κ2) is 8.58. The number of allylic oxidation sites excluding steroid dienone is 3. The first-order valence-corrected chi connectivity index (χ1v) is 5.07. The van der Waals surface area contributed by atoms with E-state index in [9.17, 15) is 0 Å². The van der Waals surface area contributed by atoms with Gasteiger partial charge in [-0.2, -0.15) is 0 Å². The predicted octanol–water partition coefficient (Wildman–Crippen LogP) is 4.34. The summed E-state index contributed by atoms with van der Waals surface area (Å²) in [6, 6.07) is 0. The fourth-order valence-electron chi connectivity index (χ4n) is 1.19. The van der Waals surface area contributed by atoms with E-state index in [0.717, 1.165) is 12.3 Å². The van der Waals surface area contributed by atoms with Gasteiger partial charge >= 0.3 is 0 Å². The van der Waals surface area contributed by atoms with Crippen molar-refractivity contribution in [1.29, 1.82) is 0 Å². The zero-order valence-electron chi connectivity index (χ0n) is 8.55. The lowest BCUT2D eigenvalue weighted by molar-refractivity contribution is 0.546. The van der Waals surface area contributed by atoms with E-state index < -0.39 is 0 Å². The van der Waals surface area contributed by atoms with Crippen molar-refractivity contribution in [2.45, 2.75) is 46.0 Å². The Morgan fingerprint density at radius 1 is 1.25 bits per heavy atom. The molecule has 70 valence electrons. The fraction of sp³-hybridized carbons (Fsp3) is 0.667. The summed E-state index contributed by atoms with van der Waals surface area (Å²) in [6.45, 7) is 8.24. The summed E-state index contributed by atoms with van der Waals surface area (Å²) < 4.78 is 0. The third-order valence-electron chi connectivity index (χ3n) is 2.02. The van der Waals surface area contributed by atoms with E-state index in [1.165, 1.54) is 25.7 Å². The number of hydrogen-bond donors (Lipinski definition) is 0. The highest BCUT2D eigenvalue weighted by atomic mass is 14.0. The van der Waals surface area contributed by atoms with Gasteiger partial charge in [0, 0.05) is 0 Å². The van der Waals surface area contributed by atoms with Gasteiger partial charge in [-0.3, -0.25) is 0 Å². The van der Waals surface area contributed by atoms with Gasteiger partial charge in [-0.1, -0.05) is 38.5 Å². The Hall–Kier alpha value is -0.520. The third kappa shape index (κ3) is 7.59. The van der Waals surface area contributed by atoms with Gasteiger partial charge in [-0.05, 0) is 31.6 Å². The van der Waals surface area contributed by atoms with Gasteiger partial charge in [-0.25, -0.2) is 0 Å². The maximum Gasteiger partial charge on any atom is -0.0327 e. The van der Waals surface area contributed by atoms with Gasteiger partial charge < -0.3 is 0 Å². The average Bonchev–Trinajstić information content (AvgIpc) is 2.05. The van der Waals surface area contributed by atoms with Gasteiger partial charge in [0.15, 0.2) is 0 Å². The Bertz CT molecular complexity index is 122. The molecule has 0 radical (unpaired) electrons. The standard InChI is InChI=1S/C12H22/c1-4-6-7-8-9-11-12(3)10-5-2/h5,7-8,12H,2,4,6,9-11H2,1,3H3. The van der Waals surface area contributed by atoms with E-state index in [0.29, 0.717) is 0 Å². The SMILES string of the molecule is C=CCC(C)CCC=CCCC. The van der Waals surface area contributed by atoms with E-state index in [1.54, 1.807) is 0 Å². The summed E-state index contributed by atoms with van der Waals surface area (Å²) in [5, 5.41) is 0. The summed E-state index contributed by atoms with van der Waals surface area (Å²) >= 11 is 0. The molecule has 0 fully saturated rings.